The molecule has 0 bridgehead atoms. The van der Waals surface area contributed by atoms with Gasteiger partial charge in [-0.1, -0.05) is 23.5 Å². The number of hydrogen-bond acceptors (Lipinski definition) is 6. The van der Waals surface area contributed by atoms with Gasteiger partial charge in [-0.2, -0.15) is 4.52 Å². The number of benzene rings is 1. The first-order valence-electron chi connectivity index (χ1n) is 9.79. The number of quaternary nitrogens is 1. The van der Waals surface area contributed by atoms with Crippen molar-refractivity contribution in [2.24, 2.45) is 5.92 Å². The van der Waals surface area contributed by atoms with Crippen molar-refractivity contribution < 1.29 is 23.9 Å². The second-order valence-electron chi connectivity index (χ2n) is 7.32. The molecule has 3 heterocycles. The highest BCUT2D eigenvalue weighted by Gasteiger charge is 2.37. The van der Waals surface area contributed by atoms with Crippen molar-refractivity contribution in [3.8, 4) is 5.88 Å². The average Bonchev–Trinajstić information content (AvgIpc) is 3.20. The summed E-state index contributed by atoms with van der Waals surface area (Å²) in [5.74, 6) is 0.0578. The van der Waals surface area contributed by atoms with E-state index in [1.54, 1.807) is 13.0 Å². The van der Waals surface area contributed by atoms with Crippen LogP contribution < -0.4 is 4.90 Å². The summed E-state index contributed by atoms with van der Waals surface area (Å²) in [7, 11) is 0. The van der Waals surface area contributed by atoms with E-state index in [1.165, 1.54) is 32.9 Å². The summed E-state index contributed by atoms with van der Waals surface area (Å²) in [5.41, 5.74) is 0.783. The highest BCUT2D eigenvalue weighted by atomic mass is 32.1. The Morgan fingerprint density at radius 2 is 2.21 bits per heavy atom. The molecule has 1 fully saturated rings. The molecule has 0 amide bonds. The molecule has 0 radical (unpaired) electrons. The number of fused-ring (bicyclic) bond motifs is 1. The van der Waals surface area contributed by atoms with Crippen LogP contribution in [0.2, 0.25) is 0 Å². The average molecular weight is 420 g/mol. The fraction of sp³-hybridized carbons (Fsp3) is 0.450. The summed E-state index contributed by atoms with van der Waals surface area (Å²) in [6.07, 6.45) is 1.39. The maximum atomic E-state index is 14.0. The van der Waals surface area contributed by atoms with Crippen molar-refractivity contribution in [1.29, 1.82) is 0 Å². The first-order valence-corrected chi connectivity index (χ1v) is 10.6. The molecular weight excluding hydrogens is 395 g/mol. The number of carbonyl (C=O) groups is 1. The molecule has 4 rings (SSSR count). The maximum Gasteiger partial charge on any atom is 0.309 e. The zero-order valence-corrected chi connectivity index (χ0v) is 17.2. The first-order chi connectivity index (χ1) is 14.0. The number of hydrogen-bond donors (Lipinski definition) is 2. The summed E-state index contributed by atoms with van der Waals surface area (Å²) < 4.78 is 20.6. The predicted molar refractivity (Wildman–Crippen MR) is 106 cm³/mol. The lowest BCUT2D eigenvalue weighted by Gasteiger charge is -2.33. The van der Waals surface area contributed by atoms with Crippen molar-refractivity contribution in [3.05, 3.63) is 46.3 Å². The number of aromatic nitrogens is 3. The zero-order valence-electron chi connectivity index (χ0n) is 16.4. The zero-order chi connectivity index (χ0) is 20.5. The largest absolute Gasteiger partial charge is 0.492 e. The van der Waals surface area contributed by atoms with Crippen LogP contribution in [0.3, 0.4) is 0 Å². The summed E-state index contributed by atoms with van der Waals surface area (Å²) in [5, 5.41) is 15.1. The van der Waals surface area contributed by atoms with Crippen molar-refractivity contribution in [2.45, 2.75) is 32.7 Å². The number of piperidine rings is 1. The number of nitrogens with one attached hydrogen (secondary N) is 1. The molecule has 1 aliphatic heterocycles. The highest BCUT2D eigenvalue weighted by Crippen LogP contribution is 2.35. The van der Waals surface area contributed by atoms with Gasteiger partial charge in [-0.15, -0.1) is 5.10 Å². The lowest BCUT2D eigenvalue weighted by molar-refractivity contribution is -0.930. The van der Waals surface area contributed by atoms with Crippen LogP contribution in [0.15, 0.2) is 24.3 Å². The number of aryl methyl sites for hydroxylation is 1. The Hall–Kier alpha value is -2.52. The van der Waals surface area contributed by atoms with Crippen molar-refractivity contribution >= 4 is 22.3 Å². The predicted octanol–water partition coefficient (Wildman–Crippen LogP) is 1.89. The van der Waals surface area contributed by atoms with Crippen LogP contribution in [-0.4, -0.2) is 45.4 Å². The van der Waals surface area contributed by atoms with E-state index >= 15 is 0 Å². The van der Waals surface area contributed by atoms with Gasteiger partial charge in [-0.25, -0.2) is 9.37 Å². The summed E-state index contributed by atoms with van der Waals surface area (Å²) in [6.45, 7) is 5.40. The monoisotopic (exact) mass is 419 g/mol. The molecule has 0 unspecified atom stereocenters. The molecule has 9 heteroatoms. The number of rotatable bonds is 5. The van der Waals surface area contributed by atoms with E-state index in [0.29, 0.717) is 35.1 Å². The minimum absolute atomic E-state index is 0.0416. The van der Waals surface area contributed by atoms with E-state index in [0.717, 1.165) is 18.7 Å². The molecule has 0 spiro atoms. The van der Waals surface area contributed by atoms with E-state index < -0.39 is 0 Å². The van der Waals surface area contributed by atoms with Crippen molar-refractivity contribution in [1.82, 2.24) is 14.6 Å². The van der Waals surface area contributed by atoms with Gasteiger partial charge in [0.25, 0.3) is 0 Å². The number of nitrogens with zero attached hydrogens (tertiary/aromatic N) is 3. The van der Waals surface area contributed by atoms with Crippen LogP contribution in [0.4, 0.5) is 4.39 Å². The number of halogens is 1. The van der Waals surface area contributed by atoms with Gasteiger partial charge in [0.15, 0.2) is 6.04 Å². The van der Waals surface area contributed by atoms with E-state index in [2.05, 4.69) is 10.1 Å². The van der Waals surface area contributed by atoms with Crippen LogP contribution >= 0.6 is 11.3 Å². The summed E-state index contributed by atoms with van der Waals surface area (Å²) >= 11 is 1.37. The molecule has 1 aliphatic rings. The van der Waals surface area contributed by atoms with Gasteiger partial charge >= 0.3 is 5.97 Å². The smallest absolute Gasteiger partial charge is 0.309 e. The van der Waals surface area contributed by atoms with Gasteiger partial charge in [0.1, 0.15) is 16.5 Å². The SMILES string of the molecule is CCOC(=O)C1CC[NH+]([C@@H](c2cccc(F)c2)c2sc3nc(C)nn3c2O)CC1. The minimum Gasteiger partial charge on any atom is -0.492 e. The molecule has 1 aromatic carbocycles. The summed E-state index contributed by atoms with van der Waals surface area (Å²) in [6, 6.07) is 6.21. The van der Waals surface area contributed by atoms with Gasteiger partial charge < -0.3 is 14.7 Å². The number of ether oxygens (including phenoxy) is 1. The molecule has 2 N–H and O–H groups in total. The van der Waals surface area contributed by atoms with E-state index in [1.807, 2.05) is 13.0 Å². The molecule has 3 aromatic rings. The fourth-order valence-corrected chi connectivity index (χ4v) is 5.25. The third-order valence-corrected chi connectivity index (χ3v) is 6.49. The van der Waals surface area contributed by atoms with Crippen LogP contribution in [0.1, 0.15) is 42.1 Å². The maximum absolute atomic E-state index is 14.0. The number of esters is 1. The van der Waals surface area contributed by atoms with Gasteiger partial charge in [0.2, 0.25) is 10.8 Å². The van der Waals surface area contributed by atoms with E-state index in [9.17, 15) is 14.3 Å². The quantitative estimate of drug-likeness (QED) is 0.618. The Bertz CT molecular complexity index is 1030. The molecule has 2 aromatic heterocycles. The Morgan fingerprint density at radius 3 is 2.86 bits per heavy atom. The lowest BCUT2D eigenvalue weighted by Crippen LogP contribution is -3.13. The lowest BCUT2D eigenvalue weighted by atomic mass is 9.93. The summed E-state index contributed by atoms with van der Waals surface area (Å²) in [4.78, 5) is 18.9. The van der Waals surface area contributed by atoms with Gasteiger partial charge in [0, 0.05) is 18.4 Å². The Morgan fingerprint density at radius 1 is 1.45 bits per heavy atom. The van der Waals surface area contributed by atoms with E-state index in [-0.39, 0.29) is 29.6 Å². The molecular formula is C20H24FN4O3S+. The number of thiazole rings is 1. The second kappa shape index (κ2) is 8.08. The Kier molecular flexibility index (Phi) is 5.51. The number of carbonyl (C=O) groups excluding carboxylic acids is 1. The highest BCUT2D eigenvalue weighted by molar-refractivity contribution is 7.17. The molecule has 1 atom stereocenters. The van der Waals surface area contributed by atoms with Crippen LogP contribution in [0, 0.1) is 18.7 Å². The normalized spacial score (nSPS) is 20.7. The number of likely N-dealkylation sites (tertiary alicyclic amines) is 1. The van der Waals surface area contributed by atoms with Crippen LogP contribution in [-0.2, 0) is 9.53 Å². The molecule has 29 heavy (non-hydrogen) atoms. The van der Waals surface area contributed by atoms with Crippen molar-refractivity contribution in [2.75, 3.05) is 19.7 Å². The minimum atomic E-state index is -0.317. The standard InChI is InChI=1S/C20H23FN4O3S/c1-3-28-19(27)13-7-9-24(10-8-13)16(14-5-4-6-15(21)11-14)17-18(26)25-20(29-17)22-12(2)23-25/h4-6,11,13,16,26H,3,7-10H2,1-2H3/p+1/t16-/m0/s1. The fourth-order valence-electron chi connectivity index (χ4n) is 4.07. The Balaban J connectivity index is 1.67. The number of aromatic hydroxyl groups is 1. The van der Waals surface area contributed by atoms with E-state index in [4.69, 9.17) is 4.74 Å². The molecule has 1 saturated heterocycles. The molecule has 0 saturated carbocycles. The van der Waals surface area contributed by atoms with Crippen LogP contribution in [0.5, 0.6) is 5.88 Å². The third kappa shape index (κ3) is 3.84. The Labute approximate surface area is 171 Å². The molecule has 154 valence electrons. The van der Waals surface area contributed by atoms with Crippen molar-refractivity contribution in [3.63, 3.8) is 0 Å². The first kappa shape index (κ1) is 19.8. The molecule has 0 aliphatic carbocycles. The third-order valence-electron chi connectivity index (χ3n) is 5.41. The van der Waals surface area contributed by atoms with Gasteiger partial charge in [0.05, 0.1) is 25.6 Å². The second-order valence-corrected chi connectivity index (χ2v) is 8.33. The van der Waals surface area contributed by atoms with Gasteiger partial charge in [-0.05, 0) is 26.0 Å². The van der Waals surface area contributed by atoms with Gasteiger partial charge in [-0.3, -0.25) is 4.79 Å². The van der Waals surface area contributed by atoms with Crippen LogP contribution in [0.25, 0.3) is 4.96 Å². The molecule has 7 nitrogen and oxygen atoms in total. The topological polar surface area (TPSA) is 81.2 Å².